The summed E-state index contributed by atoms with van der Waals surface area (Å²) in [6.45, 7) is 7.98. The van der Waals surface area contributed by atoms with Crippen LogP contribution < -0.4 is 21.3 Å². The molecule has 0 aliphatic carbocycles. The third-order valence-corrected chi connectivity index (χ3v) is 3.91. The van der Waals surface area contributed by atoms with E-state index in [-0.39, 0.29) is 56.4 Å². The van der Waals surface area contributed by atoms with Gasteiger partial charge in [0.15, 0.2) is 0 Å². The van der Waals surface area contributed by atoms with Gasteiger partial charge in [0.25, 0.3) is 0 Å². The van der Waals surface area contributed by atoms with Gasteiger partial charge >= 0.3 is 5.97 Å². The van der Waals surface area contributed by atoms with E-state index in [9.17, 15) is 14.4 Å². The zero-order valence-electron chi connectivity index (χ0n) is 18.8. The van der Waals surface area contributed by atoms with Crippen LogP contribution in [0, 0.1) is 0 Å². The molecule has 0 radical (unpaired) electrons. The van der Waals surface area contributed by atoms with Crippen LogP contribution >= 0.6 is 0 Å². The Morgan fingerprint density at radius 2 is 1.63 bits per heavy atom. The number of amides is 2. The van der Waals surface area contributed by atoms with Crippen molar-refractivity contribution in [3.63, 3.8) is 0 Å². The molecular weight excluding hydrogens is 384 g/mol. The molecule has 2 amide bonds. The molecule has 30 heavy (non-hydrogen) atoms. The first kappa shape index (κ1) is 27.5. The molecule has 0 aromatic heterocycles. The summed E-state index contributed by atoms with van der Waals surface area (Å²) >= 11 is 0. The molecule has 1 rings (SSSR count). The van der Waals surface area contributed by atoms with Gasteiger partial charge in [0.05, 0.1) is 12.5 Å². The number of hydrogen-bond donors (Lipinski definition) is 4. The zero-order chi connectivity index (χ0) is 22.6. The lowest BCUT2D eigenvalue weighted by Gasteiger charge is -2.17. The van der Waals surface area contributed by atoms with Gasteiger partial charge in [-0.15, -0.1) is 0 Å². The Hall–Kier alpha value is -2.45. The van der Waals surface area contributed by atoms with Gasteiger partial charge in [-0.05, 0) is 25.6 Å². The predicted octanol–water partition coefficient (Wildman–Crippen LogP) is 1.36. The molecule has 0 saturated carbocycles. The number of hydrogen-bond acceptors (Lipinski definition) is 6. The fourth-order valence-electron chi connectivity index (χ4n) is 2.41. The van der Waals surface area contributed by atoms with E-state index in [0.29, 0.717) is 6.54 Å². The van der Waals surface area contributed by atoms with Crippen molar-refractivity contribution in [1.29, 1.82) is 0 Å². The highest BCUT2D eigenvalue weighted by atomic mass is 16.5. The van der Waals surface area contributed by atoms with Gasteiger partial charge in [-0.1, -0.05) is 51.1 Å². The minimum absolute atomic E-state index is 0.107. The maximum Gasteiger partial charge on any atom is 0.307 e. The summed E-state index contributed by atoms with van der Waals surface area (Å²) < 4.78 is 5.14. The topological polar surface area (TPSA) is 109 Å². The molecular formula is C22H38N4O4. The monoisotopic (exact) mass is 422 g/mol. The van der Waals surface area contributed by atoms with Crippen molar-refractivity contribution in [2.45, 2.75) is 52.7 Å². The van der Waals surface area contributed by atoms with Crippen LogP contribution in [-0.4, -0.2) is 57.1 Å². The fraction of sp³-hybridized carbons (Fsp3) is 0.591. The molecule has 0 bridgehead atoms. The van der Waals surface area contributed by atoms with Crippen molar-refractivity contribution in [2.24, 2.45) is 0 Å². The molecule has 0 aliphatic rings. The van der Waals surface area contributed by atoms with Gasteiger partial charge in [0.1, 0.15) is 6.61 Å². The smallest absolute Gasteiger partial charge is 0.307 e. The second-order valence-electron chi connectivity index (χ2n) is 6.35. The average molecular weight is 423 g/mol. The van der Waals surface area contributed by atoms with Gasteiger partial charge < -0.3 is 26.0 Å². The maximum absolute atomic E-state index is 12.1. The minimum Gasteiger partial charge on any atom is -0.461 e. The van der Waals surface area contributed by atoms with Crippen LogP contribution in [0.5, 0.6) is 0 Å². The largest absolute Gasteiger partial charge is 0.461 e. The number of nitrogens with one attached hydrogen (secondary N) is 4. The van der Waals surface area contributed by atoms with Gasteiger partial charge in [-0.25, -0.2) is 0 Å². The highest BCUT2D eigenvalue weighted by Crippen LogP contribution is 2.01. The van der Waals surface area contributed by atoms with Gasteiger partial charge in [-0.2, -0.15) is 0 Å². The number of esters is 1. The minimum atomic E-state index is -0.366. The van der Waals surface area contributed by atoms with Crippen molar-refractivity contribution < 1.29 is 19.1 Å². The van der Waals surface area contributed by atoms with E-state index in [1.54, 1.807) is 7.05 Å². The van der Waals surface area contributed by atoms with E-state index in [1.807, 2.05) is 51.1 Å². The first-order valence-corrected chi connectivity index (χ1v) is 10.7. The maximum atomic E-state index is 12.1. The first-order valence-electron chi connectivity index (χ1n) is 10.7. The van der Waals surface area contributed by atoms with E-state index < -0.39 is 0 Å². The molecule has 0 aliphatic heterocycles. The Balaban J connectivity index is 0.00000407. The quantitative estimate of drug-likeness (QED) is 0.337. The Morgan fingerprint density at radius 1 is 0.967 bits per heavy atom. The van der Waals surface area contributed by atoms with Crippen LogP contribution in [0.25, 0.3) is 0 Å². The first-order chi connectivity index (χ1) is 14.6. The summed E-state index contributed by atoms with van der Waals surface area (Å²) in [6, 6.07) is 9.08. The van der Waals surface area contributed by atoms with Crippen molar-refractivity contribution in [3.05, 3.63) is 35.9 Å². The average Bonchev–Trinajstić information content (AvgIpc) is 2.77. The van der Waals surface area contributed by atoms with Crippen LogP contribution in [0.15, 0.2) is 30.3 Å². The van der Waals surface area contributed by atoms with Crippen molar-refractivity contribution >= 4 is 17.8 Å². The van der Waals surface area contributed by atoms with Gasteiger partial charge in [0.2, 0.25) is 11.8 Å². The molecule has 0 saturated heterocycles. The Bertz CT molecular complexity index is 596. The number of benzene rings is 1. The lowest BCUT2D eigenvalue weighted by Crippen LogP contribution is -2.50. The summed E-state index contributed by atoms with van der Waals surface area (Å²) in [7, 11) is 1.78. The summed E-state index contributed by atoms with van der Waals surface area (Å²) in [5, 5.41) is 11.5. The molecule has 1 unspecified atom stereocenters. The second-order valence-corrected chi connectivity index (χ2v) is 6.35. The number of carbonyl (C=O) groups is 3. The number of carbonyl (C=O) groups excluding carboxylic acids is 3. The van der Waals surface area contributed by atoms with E-state index in [1.165, 1.54) is 0 Å². The van der Waals surface area contributed by atoms with E-state index >= 15 is 0 Å². The van der Waals surface area contributed by atoms with Crippen LogP contribution in [0.1, 0.15) is 45.6 Å². The molecule has 1 aromatic carbocycles. The molecule has 170 valence electrons. The standard InChI is InChI=1S/C20H32N4O4.C2H6/c1-3-11-22-17(14-21-2)20(27)24-12-9-18(25)23-13-10-19(26)28-15-16-7-5-4-6-8-16;1-2/h4-8,17,21-22H,3,9-15H2,1-2H3,(H,23,25)(H,24,27);1-2H3. The summed E-state index contributed by atoms with van der Waals surface area (Å²) in [5.41, 5.74) is 0.917. The van der Waals surface area contributed by atoms with Crippen LogP contribution in [-0.2, 0) is 25.7 Å². The number of ether oxygens (including phenoxy) is 1. The Labute approximate surface area is 180 Å². The van der Waals surface area contributed by atoms with Crippen LogP contribution in [0.3, 0.4) is 0 Å². The molecule has 4 N–H and O–H groups in total. The summed E-state index contributed by atoms with van der Waals surface area (Å²) in [4.78, 5) is 35.6. The number of likely N-dealkylation sites (N-methyl/N-ethyl adjacent to an activating group) is 1. The summed E-state index contributed by atoms with van der Waals surface area (Å²) in [6.07, 6.45) is 1.20. The van der Waals surface area contributed by atoms with Crippen LogP contribution in [0.4, 0.5) is 0 Å². The second kappa shape index (κ2) is 18.6. The van der Waals surface area contributed by atoms with Gasteiger partial charge in [0, 0.05) is 26.1 Å². The SMILES string of the molecule is CC.CCCNC(CNC)C(=O)NCCC(=O)NCCC(=O)OCc1ccccc1. The van der Waals surface area contributed by atoms with Crippen molar-refractivity contribution in [1.82, 2.24) is 21.3 Å². The highest BCUT2D eigenvalue weighted by molar-refractivity contribution is 5.83. The Kier molecular flexibility index (Phi) is 17.1. The van der Waals surface area contributed by atoms with Crippen molar-refractivity contribution in [3.8, 4) is 0 Å². The lowest BCUT2D eigenvalue weighted by atomic mass is 10.2. The lowest BCUT2D eigenvalue weighted by molar-refractivity contribution is -0.144. The molecule has 1 atom stereocenters. The molecule has 0 spiro atoms. The molecule has 1 aromatic rings. The van der Waals surface area contributed by atoms with E-state index in [2.05, 4.69) is 21.3 Å². The third kappa shape index (κ3) is 13.7. The van der Waals surface area contributed by atoms with E-state index in [4.69, 9.17) is 4.74 Å². The molecule has 0 fully saturated rings. The predicted molar refractivity (Wildman–Crippen MR) is 119 cm³/mol. The summed E-state index contributed by atoms with van der Waals surface area (Å²) in [5.74, 6) is -0.725. The molecule has 8 nitrogen and oxygen atoms in total. The number of rotatable bonds is 14. The van der Waals surface area contributed by atoms with E-state index in [0.717, 1.165) is 18.5 Å². The Morgan fingerprint density at radius 3 is 2.27 bits per heavy atom. The zero-order valence-corrected chi connectivity index (χ0v) is 18.8. The fourth-order valence-corrected chi connectivity index (χ4v) is 2.41. The van der Waals surface area contributed by atoms with Gasteiger partial charge in [-0.3, -0.25) is 14.4 Å². The third-order valence-electron chi connectivity index (χ3n) is 3.91. The van der Waals surface area contributed by atoms with Crippen LogP contribution in [0.2, 0.25) is 0 Å². The highest BCUT2D eigenvalue weighted by Gasteiger charge is 2.16. The normalized spacial score (nSPS) is 10.9. The van der Waals surface area contributed by atoms with Crippen molar-refractivity contribution in [2.75, 3.05) is 33.2 Å². The molecule has 8 heteroatoms. The molecule has 0 heterocycles.